The van der Waals surface area contributed by atoms with E-state index in [0.29, 0.717) is 6.54 Å². The first-order chi connectivity index (χ1) is 10.1. The lowest BCUT2D eigenvalue weighted by Crippen LogP contribution is -2.03. The number of nitro benzene ring substituents is 1. The molecule has 110 valence electrons. The van der Waals surface area contributed by atoms with Crippen LogP contribution in [-0.2, 0) is 6.54 Å². The molecule has 0 heterocycles. The molecule has 0 aliphatic carbocycles. The van der Waals surface area contributed by atoms with E-state index in [1.165, 1.54) is 5.56 Å². The van der Waals surface area contributed by atoms with Crippen molar-refractivity contribution in [2.45, 2.75) is 20.4 Å². The molecule has 21 heavy (non-hydrogen) atoms. The summed E-state index contributed by atoms with van der Waals surface area (Å²) in [7, 11) is 0. The van der Waals surface area contributed by atoms with Crippen LogP contribution >= 0.6 is 0 Å². The van der Waals surface area contributed by atoms with Crippen LogP contribution in [0.4, 0.5) is 17.1 Å². The minimum atomic E-state index is -0.376. The first-order valence-corrected chi connectivity index (χ1v) is 6.91. The molecule has 2 N–H and O–H groups in total. The van der Waals surface area contributed by atoms with Crippen LogP contribution in [0.3, 0.4) is 0 Å². The highest BCUT2D eigenvalue weighted by Gasteiger charge is 2.09. The van der Waals surface area contributed by atoms with Gasteiger partial charge in [-0.05, 0) is 25.5 Å². The van der Waals surface area contributed by atoms with Gasteiger partial charge in [0.15, 0.2) is 0 Å². The van der Waals surface area contributed by atoms with E-state index in [-0.39, 0.29) is 10.6 Å². The van der Waals surface area contributed by atoms with Gasteiger partial charge in [-0.15, -0.1) is 0 Å². The maximum Gasteiger partial charge on any atom is 0.273 e. The van der Waals surface area contributed by atoms with Gasteiger partial charge in [-0.3, -0.25) is 10.1 Å². The Labute approximate surface area is 124 Å². The van der Waals surface area contributed by atoms with Gasteiger partial charge in [0.2, 0.25) is 0 Å². The molecule has 0 fully saturated rings. The van der Waals surface area contributed by atoms with Gasteiger partial charge < -0.3 is 10.6 Å². The van der Waals surface area contributed by atoms with Gasteiger partial charge in [0.05, 0.1) is 4.92 Å². The number of nitrogens with zero attached hydrogens (tertiary/aromatic N) is 1. The number of non-ortho nitro benzene ring substituents is 1. The summed E-state index contributed by atoms with van der Waals surface area (Å²) in [6.07, 6.45) is 0. The molecule has 0 spiro atoms. The van der Waals surface area contributed by atoms with Crippen molar-refractivity contribution in [3.63, 3.8) is 0 Å². The van der Waals surface area contributed by atoms with Gasteiger partial charge in [0, 0.05) is 36.6 Å². The van der Waals surface area contributed by atoms with Crippen LogP contribution in [0.2, 0.25) is 0 Å². The van der Waals surface area contributed by atoms with Gasteiger partial charge in [-0.25, -0.2) is 0 Å². The first-order valence-electron chi connectivity index (χ1n) is 6.91. The van der Waals surface area contributed by atoms with Crippen LogP contribution in [0, 0.1) is 17.0 Å². The average Bonchev–Trinajstić information content (AvgIpc) is 2.45. The van der Waals surface area contributed by atoms with Crippen molar-refractivity contribution in [1.29, 1.82) is 0 Å². The Balaban J connectivity index is 2.16. The molecule has 2 aromatic rings. The minimum absolute atomic E-state index is 0.0835. The molecule has 0 radical (unpaired) electrons. The maximum atomic E-state index is 11.0. The second-order valence-corrected chi connectivity index (χ2v) is 4.90. The van der Waals surface area contributed by atoms with Gasteiger partial charge in [-0.1, -0.05) is 29.8 Å². The van der Waals surface area contributed by atoms with Crippen molar-refractivity contribution in [2.75, 3.05) is 17.2 Å². The number of hydrogen-bond donors (Lipinski definition) is 2. The Bertz CT molecular complexity index is 641. The average molecular weight is 285 g/mol. The molecule has 0 saturated heterocycles. The molecule has 2 rings (SSSR count). The van der Waals surface area contributed by atoms with E-state index in [9.17, 15) is 10.1 Å². The third kappa shape index (κ3) is 4.21. The fraction of sp³-hybridized carbons (Fsp3) is 0.250. The highest BCUT2D eigenvalue weighted by atomic mass is 16.6. The topological polar surface area (TPSA) is 67.2 Å². The highest BCUT2D eigenvalue weighted by Crippen LogP contribution is 2.24. The lowest BCUT2D eigenvalue weighted by molar-refractivity contribution is -0.384. The summed E-state index contributed by atoms with van der Waals surface area (Å²) >= 11 is 0. The molecule has 2 aromatic carbocycles. The van der Waals surface area contributed by atoms with E-state index in [0.717, 1.165) is 23.5 Å². The van der Waals surface area contributed by atoms with Crippen molar-refractivity contribution >= 4 is 17.1 Å². The predicted octanol–water partition coefficient (Wildman–Crippen LogP) is 3.95. The van der Waals surface area contributed by atoms with Crippen LogP contribution in [0.15, 0.2) is 42.5 Å². The summed E-state index contributed by atoms with van der Waals surface area (Å²) in [4.78, 5) is 10.6. The Kier molecular flexibility index (Phi) is 4.77. The number of nitro groups is 1. The van der Waals surface area contributed by atoms with Crippen molar-refractivity contribution in [3.05, 3.63) is 63.7 Å². The van der Waals surface area contributed by atoms with E-state index in [1.807, 2.05) is 38.1 Å². The van der Waals surface area contributed by atoms with Crippen molar-refractivity contribution < 1.29 is 4.92 Å². The van der Waals surface area contributed by atoms with E-state index in [4.69, 9.17) is 0 Å². The first kappa shape index (κ1) is 14.8. The molecule has 0 aliphatic rings. The summed E-state index contributed by atoms with van der Waals surface area (Å²) in [6, 6.07) is 13.1. The fourth-order valence-electron chi connectivity index (χ4n) is 2.15. The standard InChI is InChI=1S/C16H19N3O2/c1-3-17-14-8-15(10-16(9-14)19(20)21)18-11-13-6-4-5-12(2)7-13/h4-10,17-18H,3,11H2,1-2H3. The lowest BCUT2D eigenvalue weighted by atomic mass is 10.1. The number of benzene rings is 2. The third-order valence-electron chi connectivity index (χ3n) is 3.09. The van der Waals surface area contributed by atoms with Crippen LogP contribution in [0.5, 0.6) is 0 Å². The molecule has 0 saturated carbocycles. The van der Waals surface area contributed by atoms with Gasteiger partial charge in [-0.2, -0.15) is 0 Å². The molecule has 5 heteroatoms. The van der Waals surface area contributed by atoms with E-state index < -0.39 is 0 Å². The number of anilines is 2. The Hall–Kier alpha value is -2.56. The number of rotatable bonds is 6. The zero-order chi connectivity index (χ0) is 15.2. The third-order valence-corrected chi connectivity index (χ3v) is 3.09. The largest absolute Gasteiger partial charge is 0.385 e. The normalized spacial score (nSPS) is 10.2. The summed E-state index contributed by atoms with van der Waals surface area (Å²) in [5.41, 5.74) is 3.91. The highest BCUT2D eigenvalue weighted by molar-refractivity contribution is 5.63. The molecule has 0 atom stereocenters. The second kappa shape index (κ2) is 6.74. The summed E-state index contributed by atoms with van der Waals surface area (Å²) in [5, 5.41) is 17.3. The zero-order valence-corrected chi connectivity index (χ0v) is 12.2. The lowest BCUT2D eigenvalue weighted by Gasteiger charge is -2.10. The molecule has 0 aliphatic heterocycles. The van der Waals surface area contributed by atoms with Crippen LogP contribution < -0.4 is 10.6 Å². The van der Waals surface area contributed by atoms with Crippen LogP contribution in [-0.4, -0.2) is 11.5 Å². The summed E-state index contributed by atoms with van der Waals surface area (Å²) in [6.45, 7) is 5.35. The summed E-state index contributed by atoms with van der Waals surface area (Å²) in [5.74, 6) is 0. The number of aryl methyl sites for hydroxylation is 1. The number of hydrogen-bond acceptors (Lipinski definition) is 4. The molecule has 0 unspecified atom stereocenters. The SMILES string of the molecule is CCNc1cc(NCc2cccc(C)c2)cc([N+](=O)[O-])c1. The van der Waals surface area contributed by atoms with Gasteiger partial charge in [0.1, 0.15) is 0 Å². The minimum Gasteiger partial charge on any atom is -0.385 e. The van der Waals surface area contributed by atoms with Crippen LogP contribution in [0.25, 0.3) is 0 Å². The second-order valence-electron chi connectivity index (χ2n) is 4.90. The zero-order valence-electron chi connectivity index (χ0n) is 12.2. The Morgan fingerprint density at radius 1 is 1.10 bits per heavy atom. The molecular weight excluding hydrogens is 266 g/mol. The van der Waals surface area contributed by atoms with E-state index >= 15 is 0 Å². The quantitative estimate of drug-likeness (QED) is 0.623. The molecule has 5 nitrogen and oxygen atoms in total. The monoisotopic (exact) mass is 285 g/mol. The van der Waals surface area contributed by atoms with Crippen molar-refractivity contribution in [2.24, 2.45) is 0 Å². The smallest absolute Gasteiger partial charge is 0.273 e. The number of nitrogens with one attached hydrogen (secondary N) is 2. The predicted molar refractivity (Wildman–Crippen MR) is 85.8 cm³/mol. The van der Waals surface area contributed by atoms with Crippen molar-refractivity contribution in [3.8, 4) is 0 Å². The molecule has 0 aromatic heterocycles. The van der Waals surface area contributed by atoms with E-state index in [1.54, 1.807) is 12.1 Å². The maximum absolute atomic E-state index is 11.0. The molecule has 0 bridgehead atoms. The summed E-state index contributed by atoms with van der Waals surface area (Å²) < 4.78 is 0. The Morgan fingerprint density at radius 3 is 2.43 bits per heavy atom. The van der Waals surface area contributed by atoms with Gasteiger partial charge in [0.25, 0.3) is 5.69 Å². The Morgan fingerprint density at radius 2 is 1.81 bits per heavy atom. The fourth-order valence-corrected chi connectivity index (χ4v) is 2.15. The molecule has 0 amide bonds. The molecular formula is C16H19N3O2. The van der Waals surface area contributed by atoms with Crippen LogP contribution in [0.1, 0.15) is 18.1 Å². The van der Waals surface area contributed by atoms with Gasteiger partial charge >= 0.3 is 0 Å². The van der Waals surface area contributed by atoms with E-state index in [2.05, 4.69) is 16.7 Å². The van der Waals surface area contributed by atoms with Crippen molar-refractivity contribution in [1.82, 2.24) is 0 Å².